The standard InChI is InChI=1S/C20H31N3O2/c1-13-8-7-11-16-17(13)18-14(2)12-21-20(18,3)23(16)25-19(24)22-15-9-5-4-6-10-15/h7-8,11,13-15,17-18,21H,4-6,9-10,12H2,1-3H3,(H,22,24). The van der Waals surface area contributed by atoms with Crippen LogP contribution in [0.25, 0.3) is 0 Å². The second kappa shape index (κ2) is 6.35. The zero-order valence-electron chi connectivity index (χ0n) is 15.6. The van der Waals surface area contributed by atoms with Crippen molar-refractivity contribution < 1.29 is 9.63 Å². The van der Waals surface area contributed by atoms with Gasteiger partial charge in [-0.25, -0.2) is 4.79 Å². The van der Waals surface area contributed by atoms with Gasteiger partial charge in [0.05, 0.1) is 5.70 Å². The van der Waals surface area contributed by atoms with E-state index in [4.69, 9.17) is 4.84 Å². The molecule has 3 fully saturated rings. The minimum Gasteiger partial charge on any atom is -0.320 e. The highest BCUT2D eigenvalue weighted by atomic mass is 16.7. The van der Waals surface area contributed by atoms with Gasteiger partial charge in [0.25, 0.3) is 0 Å². The van der Waals surface area contributed by atoms with Gasteiger partial charge < -0.3 is 10.2 Å². The van der Waals surface area contributed by atoms with Gasteiger partial charge in [0.15, 0.2) is 0 Å². The van der Waals surface area contributed by atoms with Crippen LogP contribution in [0.4, 0.5) is 4.79 Å². The third-order valence-electron chi connectivity index (χ3n) is 6.78. The maximum Gasteiger partial charge on any atom is 0.431 e. The fraction of sp³-hybridized carbons (Fsp3) is 0.750. The molecule has 5 unspecified atom stereocenters. The van der Waals surface area contributed by atoms with E-state index in [9.17, 15) is 4.79 Å². The first-order chi connectivity index (χ1) is 12.0. The van der Waals surface area contributed by atoms with Crippen molar-refractivity contribution in [2.45, 2.75) is 64.6 Å². The number of amides is 1. The molecule has 1 saturated carbocycles. The van der Waals surface area contributed by atoms with Gasteiger partial charge in [0.2, 0.25) is 0 Å². The molecule has 25 heavy (non-hydrogen) atoms. The van der Waals surface area contributed by atoms with Crippen LogP contribution in [0.2, 0.25) is 0 Å². The molecule has 2 aliphatic carbocycles. The van der Waals surface area contributed by atoms with Gasteiger partial charge >= 0.3 is 6.09 Å². The lowest BCUT2D eigenvalue weighted by Gasteiger charge is -2.35. The highest BCUT2D eigenvalue weighted by Crippen LogP contribution is 2.54. The molecule has 2 aliphatic heterocycles. The van der Waals surface area contributed by atoms with Gasteiger partial charge in [-0.15, -0.1) is 0 Å². The molecular formula is C20H31N3O2. The first-order valence-corrected chi connectivity index (χ1v) is 9.93. The summed E-state index contributed by atoms with van der Waals surface area (Å²) >= 11 is 0. The van der Waals surface area contributed by atoms with Crippen LogP contribution in [0.5, 0.6) is 0 Å². The molecule has 2 heterocycles. The Morgan fingerprint density at radius 1 is 1.32 bits per heavy atom. The molecule has 5 nitrogen and oxygen atoms in total. The summed E-state index contributed by atoms with van der Waals surface area (Å²) in [6.45, 7) is 7.72. The lowest BCUT2D eigenvalue weighted by molar-refractivity contribution is -0.138. The summed E-state index contributed by atoms with van der Waals surface area (Å²) in [4.78, 5) is 18.5. The first kappa shape index (κ1) is 17.0. The molecule has 0 aromatic rings. The maximum absolute atomic E-state index is 12.6. The van der Waals surface area contributed by atoms with Gasteiger partial charge in [-0.3, -0.25) is 5.32 Å². The number of hydroxylamine groups is 2. The number of nitrogens with zero attached hydrogens (tertiary/aromatic N) is 1. The fourth-order valence-corrected chi connectivity index (χ4v) is 5.56. The lowest BCUT2D eigenvalue weighted by atomic mass is 9.73. The Kier molecular flexibility index (Phi) is 4.30. The van der Waals surface area contributed by atoms with Gasteiger partial charge in [0.1, 0.15) is 5.66 Å². The molecule has 2 N–H and O–H groups in total. The van der Waals surface area contributed by atoms with Crippen LogP contribution in [0, 0.1) is 23.7 Å². The third-order valence-corrected chi connectivity index (χ3v) is 6.78. The van der Waals surface area contributed by atoms with E-state index < -0.39 is 0 Å². The molecule has 0 bridgehead atoms. The number of allylic oxidation sites excluding steroid dienone is 4. The third kappa shape index (κ3) is 2.77. The van der Waals surface area contributed by atoms with Crippen LogP contribution in [0.1, 0.15) is 52.9 Å². The Balaban J connectivity index is 1.54. The molecule has 4 aliphatic rings. The van der Waals surface area contributed by atoms with Crippen LogP contribution in [-0.2, 0) is 4.84 Å². The summed E-state index contributed by atoms with van der Waals surface area (Å²) in [5.74, 6) is 1.87. The highest BCUT2D eigenvalue weighted by molar-refractivity contribution is 5.67. The van der Waals surface area contributed by atoms with Crippen LogP contribution >= 0.6 is 0 Å². The van der Waals surface area contributed by atoms with Crippen molar-refractivity contribution in [3.05, 3.63) is 23.9 Å². The van der Waals surface area contributed by atoms with Crippen molar-refractivity contribution in [1.29, 1.82) is 0 Å². The van der Waals surface area contributed by atoms with Crippen LogP contribution in [-0.4, -0.2) is 29.4 Å². The van der Waals surface area contributed by atoms with Crippen molar-refractivity contribution in [3.63, 3.8) is 0 Å². The average molecular weight is 345 g/mol. The second-order valence-electron chi connectivity index (χ2n) is 8.55. The Labute approximate surface area is 150 Å². The van der Waals surface area contributed by atoms with Crippen LogP contribution < -0.4 is 10.6 Å². The van der Waals surface area contributed by atoms with E-state index in [1.165, 1.54) is 19.3 Å². The largest absolute Gasteiger partial charge is 0.431 e. The quantitative estimate of drug-likeness (QED) is 0.803. The molecule has 138 valence electrons. The van der Waals surface area contributed by atoms with Crippen LogP contribution in [0.3, 0.4) is 0 Å². The second-order valence-corrected chi connectivity index (χ2v) is 8.55. The Morgan fingerprint density at radius 2 is 2.08 bits per heavy atom. The maximum atomic E-state index is 12.6. The summed E-state index contributed by atoms with van der Waals surface area (Å²) in [5, 5.41) is 8.60. The minimum atomic E-state index is -0.319. The molecule has 0 aromatic carbocycles. The molecule has 0 spiro atoms. The number of nitrogens with one attached hydrogen (secondary N) is 2. The summed E-state index contributed by atoms with van der Waals surface area (Å²) in [5.41, 5.74) is 0.820. The summed E-state index contributed by atoms with van der Waals surface area (Å²) < 4.78 is 0. The predicted octanol–water partition coefficient (Wildman–Crippen LogP) is 3.55. The van der Waals surface area contributed by atoms with E-state index in [-0.39, 0.29) is 17.8 Å². The van der Waals surface area contributed by atoms with E-state index in [1.54, 1.807) is 0 Å². The zero-order chi connectivity index (χ0) is 17.6. The van der Waals surface area contributed by atoms with Gasteiger partial charge in [0, 0.05) is 24.4 Å². The van der Waals surface area contributed by atoms with E-state index in [0.29, 0.717) is 23.7 Å². The highest BCUT2D eigenvalue weighted by Gasteiger charge is 2.61. The van der Waals surface area contributed by atoms with E-state index in [1.807, 2.05) is 5.06 Å². The SMILES string of the molecule is CC1C=CC=C2C1C1C(C)CNC1(C)N2OC(=O)NC1CCCCC1. The Bertz CT molecular complexity index is 596. The topological polar surface area (TPSA) is 53.6 Å². The fourth-order valence-electron chi connectivity index (χ4n) is 5.56. The minimum absolute atomic E-state index is 0.262. The van der Waals surface area contributed by atoms with Crippen molar-refractivity contribution in [2.24, 2.45) is 23.7 Å². The number of hydrogen-bond acceptors (Lipinski definition) is 4. The Hall–Kier alpha value is -1.49. The molecule has 2 saturated heterocycles. The smallest absolute Gasteiger partial charge is 0.320 e. The van der Waals surface area contributed by atoms with Crippen molar-refractivity contribution in [2.75, 3.05) is 6.54 Å². The van der Waals surface area contributed by atoms with E-state index in [0.717, 1.165) is 25.1 Å². The predicted molar refractivity (Wildman–Crippen MR) is 97.3 cm³/mol. The van der Waals surface area contributed by atoms with Crippen molar-refractivity contribution in [1.82, 2.24) is 15.7 Å². The first-order valence-electron chi connectivity index (χ1n) is 9.93. The number of hydrogen-bond donors (Lipinski definition) is 2. The normalized spacial score (nSPS) is 40.4. The number of fused-ring (bicyclic) bond motifs is 3. The monoisotopic (exact) mass is 345 g/mol. The summed E-state index contributed by atoms with van der Waals surface area (Å²) in [6, 6.07) is 0.262. The molecule has 5 heteroatoms. The molecular weight excluding hydrogens is 314 g/mol. The summed E-state index contributed by atoms with van der Waals surface area (Å²) in [6.07, 6.45) is 12.0. The molecule has 5 atom stereocenters. The van der Waals surface area contributed by atoms with E-state index >= 15 is 0 Å². The molecule has 0 radical (unpaired) electrons. The molecule has 1 amide bonds. The van der Waals surface area contributed by atoms with Crippen molar-refractivity contribution in [3.8, 4) is 0 Å². The van der Waals surface area contributed by atoms with Gasteiger partial charge in [-0.1, -0.05) is 45.3 Å². The van der Waals surface area contributed by atoms with Gasteiger partial charge in [-0.05, 0) is 37.7 Å². The molecule has 0 aromatic heterocycles. The number of rotatable bonds is 2. The summed E-state index contributed by atoms with van der Waals surface area (Å²) in [7, 11) is 0. The number of carbonyl (C=O) groups is 1. The lowest BCUT2D eigenvalue weighted by Crippen LogP contribution is -2.53. The van der Waals surface area contributed by atoms with Crippen LogP contribution in [0.15, 0.2) is 23.9 Å². The van der Waals surface area contributed by atoms with Crippen molar-refractivity contribution >= 4 is 6.09 Å². The number of carbonyl (C=O) groups excluding carboxylic acids is 1. The average Bonchev–Trinajstić information content (AvgIpc) is 3.02. The Morgan fingerprint density at radius 3 is 2.84 bits per heavy atom. The van der Waals surface area contributed by atoms with Gasteiger partial charge in [-0.2, -0.15) is 5.06 Å². The zero-order valence-corrected chi connectivity index (χ0v) is 15.6. The molecule has 4 rings (SSSR count). The van der Waals surface area contributed by atoms with E-state index in [2.05, 4.69) is 49.6 Å².